The Morgan fingerprint density at radius 2 is 1.84 bits per heavy atom. The molecule has 2 nitrogen and oxygen atoms in total. The minimum absolute atomic E-state index is 0.241. The summed E-state index contributed by atoms with van der Waals surface area (Å²) in [6, 6.07) is 9.75. The van der Waals surface area contributed by atoms with Crippen LogP contribution in [0.1, 0.15) is 49.4 Å². The maximum atomic E-state index is 12.3. The maximum Gasteiger partial charge on any atom is 0.166 e. The van der Waals surface area contributed by atoms with E-state index in [-0.39, 0.29) is 5.92 Å². The van der Waals surface area contributed by atoms with Crippen molar-refractivity contribution in [3.8, 4) is 0 Å². The normalized spacial score (nSPS) is 17.5. The van der Waals surface area contributed by atoms with Gasteiger partial charge < -0.3 is 4.90 Å². The second-order valence-corrected chi connectivity index (χ2v) is 5.55. The van der Waals surface area contributed by atoms with Crippen molar-refractivity contribution in [2.75, 3.05) is 19.6 Å². The van der Waals surface area contributed by atoms with E-state index in [1.807, 2.05) is 30.3 Å². The monoisotopic (exact) mass is 259 g/mol. The SMILES string of the molecule is CCCCCN1CCC(C(=O)c2ccccc2)CC1. The van der Waals surface area contributed by atoms with Gasteiger partial charge in [0.15, 0.2) is 5.78 Å². The topological polar surface area (TPSA) is 20.3 Å². The molecular weight excluding hydrogens is 234 g/mol. The highest BCUT2D eigenvalue weighted by atomic mass is 16.1. The predicted molar refractivity (Wildman–Crippen MR) is 79.5 cm³/mol. The van der Waals surface area contributed by atoms with Gasteiger partial charge in [-0.2, -0.15) is 0 Å². The quantitative estimate of drug-likeness (QED) is 0.572. The molecule has 1 aromatic carbocycles. The molecule has 0 unspecified atom stereocenters. The van der Waals surface area contributed by atoms with E-state index in [0.29, 0.717) is 5.78 Å². The van der Waals surface area contributed by atoms with Crippen LogP contribution in [0.3, 0.4) is 0 Å². The van der Waals surface area contributed by atoms with Gasteiger partial charge in [0.2, 0.25) is 0 Å². The molecule has 1 aliphatic heterocycles. The van der Waals surface area contributed by atoms with Gasteiger partial charge in [-0.25, -0.2) is 0 Å². The first-order chi connectivity index (χ1) is 9.31. The minimum Gasteiger partial charge on any atom is -0.303 e. The number of benzene rings is 1. The van der Waals surface area contributed by atoms with Crippen molar-refractivity contribution >= 4 is 5.78 Å². The standard InChI is InChI=1S/C17H25NO/c1-2-3-7-12-18-13-10-16(11-14-18)17(19)15-8-5-4-6-9-15/h4-6,8-9,16H,2-3,7,10-14H2,1H3. The van der Waals surface area contributed by atoms with E-state index in [0.717, 1.165) is 31.5 Å². The molecule has 0 aromatic heterocycles. The molecule has 0 saturated carbocycles. The van der Waals surface area contributed by atoms with E-state index in [2.05, 4.69) is 11.8 Å². The third-order valence-electron chi connectivity index (χ3n) is 4.09. The van der Waals surface area contributed by atoms with Gasteiger partial charge in [-0.15, -0.1) is 0 Å². The molecule has 0 aliphatic carbocycles. The van der Waals surface area contributed by atoms with Crippen molar-refractivity contribution in [3.63, 3.8) is 0 Å². The lowest BCUT2D eigenvalue weighted by Gasteiger charge is -2.31. The van der Waals surface area contributed by atoms with Crippen LogP contribution in [0.2, 0.25) is 0 Å². The fourth-order valence-corrected chi connectivity index (χ4v) is 2.84. The second-order valence-electron chi connectivity index (χ2n) is 5.55. The number of hydrogen-bond donors (Lipinski definition) is 0. The zero-order chi connectivity index (χ0) is 13.5. The third kappa shape index (κ3) is 4.17. The molecule has 1 fully saturated rings. The Labute approximate surface area is 116 Å². The number of carbonyl (C=O) groups is 1. The number of carbonyl (C=O) groups excluding carboxylic acids is 1. The van der Waals surface area contributed by atoms with E-state index in [1.54, 1.807) is 0 Å². The number of hydrogen-bond acceptors (Lipinski definition) is 2. The summed E-state index contributed by atoms with van der Waals surface area (Å²) in [4.78, 5) is 14.9. The van der Waals surface area contributed by atoms with E-state index < -0.39 is 0 Å². The number of rotatable bonds is 6. The fourth-order valence-electron chi connectivity index (χ4n) is 2.84. The predicted octanol–water partition coefficient (Wildman–Crippen LogP) is 3.77. The smallest absolute Gasteiger partial charge is 0.166 e. The molecular formula is C17H25NO. The van der Waals surface area contributed by atoms with Crippen molar-refractivity contribution in [1.29, 1.82) is 0 Å². The van der Waals surface area contributed by atoms with E-state index in [1.165, 1.54) is 25.8 Å². The number of Topliss-reactive ketones (excluding diaryl/α,β-unsaturated/α-hetero) is 1. The van der Waals surface area contributed by atoms with Gasteiger partial charge in [0.25, 0.3) is 0 Å². The molecule has 0 radical (unpaired) electrons. The first-order valence-corrected chi connectivity index (χ1v) is 7.63. The zero-order valence-electron chi connectivity index (χ0n) is 12.0. The molecule has 19 heavy (non-hydrogen) atoms. The van der Waals surface area contributed by atoms with Crippen LogP contribution in [0, 0.1) is 5.92 Å². The first kappa shape index (κ1) is 14.3. The van der Waals surface area contributed by atoms with Crippen molar-refractivity contribution in [2.45, 2.75) is 39.0 Å². The molecule has 0 amide bonds. The molecule has 2 heteroatoms. The zero-order valence-corrected chi connectivity index (χ0v) is 12.0. The summed E-state index contributed by atoms with van der Waals surface area (Å²) in [5.74, 6) is 0.582. The van der Waals surface area contributed by atoms with Crippen LogP contribution in [0.15, 0.2) is 30.3 Å². The lowest BCUT2D eigenvalue weighted by Crippen LogP contribution is -2.36. The Hall–Kier alpha value is -1.15. The minimum atomic E-state index is 0.241. The number of piperidine rings is 1. The highest BCUT2D eigenvalue weighted by Gasteiger charge is 2.25. The van der Waals surface area contributed by atoms with Gasteiger partial charge in [-0.3, -0.25) is 4.79 Å². The number of unbranched alkanes of at least 4 members (excludes halogenated alkanes) is 2. The van der Waals surface area contributed by atoms with Gasteiger partial charge in [0, 0.05) is 11.5 Å². The summed E-state index contributed by atoms with van der Waals surface area (Å²) in [5, 5.41) is 0. The van der Waals surface area contributed by atoms with Gasteiger partial charge in [0.05, 0.1) is 0 Å². The van der Waals surface area contributed by atoms with Crippen LogP contribution in [0.4, 0.5) is 0 Å². The first-order valence-electron chi connectivity index (χ1n) is 7.63. The molecule has 0 N–H and O–H groups in total. The summed E-state index contributed by atoms with van der Waals surface area (Å²) >= 11 is 0. The van der Waals surface area contributed by atoms with Crippen molar-refractivity contribution in [1.82, 2.24) is 4.90 Å². The van der Waals surface area contributed by atoms with Crippen LogP contribution < -0.4 is 0 Å². The van der Waals surface area contributed by atoms with Crippen LogP contribution in [-0.2, 0) is 0 Å². The summed E-state index contributed by atoms with van der Waals surface area (Å²) in [6.45, 7) is 5.63. The van der Waals surface area contributed by atoms with Crippen molar-refractivity contribution < 1.29 is 4.79 Å². The van der Waals surface area contributed by atoms with Crippen LogP contribution in [0.25, 0.3) is 0 Å². The number of likely N-dealkylation sites (tertiary alicyclic amines) is 1. The summed E-state index contributed by atoms with van der Waals surface area (Å²) in [7, 11) is 0. The van der Waals surface area contributed by atoms with E-state index in [4.69, 9.17) is 0 Å². The number of nitrogens with zero attached hydrogens (tertiary/aromatic N) is 1. The Bertz CT molecular complexity index is 380. The summed E-state index contributed by atoms with van der Waals surface area (Å²) in [5.41, 5.74) is 0.881. The van der Waals surface area contributed by atoms with Crippen LogP contribution in [-0.4, -0.2) is 30.3 Å². The Kier molecular flexibility index (Phi) is 5.59. The maximum absolute atomic E-state index is 12.3. The van der Waals surface area contributed by atoms with Gasteiger partial charge in [0.1, 0.15) is 0 Å². The summed E-state index contributed by atoms with van der Waals surface area (Å²) in [6.07, 6.45) is 5.96. The Balaban J connectivity index is 1.78. The highest BCUT2D eigenvalue weighted by molar-refractivity contribution is 5.97. The lowest BCUT2D eigenvalue weighted by molar-refractivity contribution is 0.0839. The fraction of sp³-hybridized carbons (Fsp3) is 0.588. The van der Waals surface area contributed by atoms with Crippen molar-refractivity contribution in [2.24, 2.45) is 5.92 Å². The molecule has 1 heterocycles. The second kappa shape index (κ2) is 7.44. The lowest BCUT2D eigenvalue weighted by atomic mass is 9.89. The molecule has 1 aromatic rings. The van der Waals surface area contributed by atoms with Gasteiger partial charge >= 0.3 is 0 Å². The number of ketones is 1. The highest BCUT2D eigenvalue weighted by Crippen LogP contribution is 2.22. The molecule has 0 bridgehead atoms. The van der Waals surface area contributed by atoms with E-state index >= 15 is 0 Å². The average Bonchev–Trinajstić information content (AvgIpc) is 2.48. The third-order valence-corrected chi connectivity index (χ3v) is 4.09. The molecule has 1 aliphatic rings. The molecule has 0 atom stereocenters. The average molecular weight is 259 g/mol. The van der Waals surface area contributed by atoms with Crippen LogP contribution >= 0.6 is 0 Å². The molecule has 0 spiro atoms. The van der Waals surface area contributed by atoms with Crippen LogP contribution in [0.5, 0.6) is 0 Å². The molecule has 2 rings (SSSR count). The van der Waals surface area contributed by atoms with Gasteiger partial charge in [-0.05, 0) is 38.9 Å². The summed E-state index contributed by atoms with van der Waals surface area (Å²) < 4.78 is 0. The Morgan fingerprint density at radius 1 is 1.16 bits per heavy atom. The Morgan fingerprint density at radius 3 is 2.47 bits per heavy atom. The van der Waals surface area contributed by atoms with E-state index in [9.17, 15) is 4.79 Å². The largest absolute Gasteiger partial charge is 0.303 e. The molecule has 104 valence electrons. The van der Waals surface area contributed by atoms with Gasteiger partial charge in [-0.1, -0.05) is 50.1 Å². The van der Waals surface area contributed by atoms with Crippen molar-refractivity contribution in [3.05, 3.63) is 35.9 Å². The molecule has 1 saturated heterocycles.